The van der Waals surface area contributed by atoms with Gasteiger partial charge >= 0.3 is 12.1 Å². The number of nitrogens with zero attached hydrogens (tertiary/aromatic N) is 1. The van der Waals surface area contributed by atoms with E-state index in [1.165, 1.54) is 0 Å². The number of carbonyl (C=O) groups is 2. The van der Waals surface area contributed by atoms with E-state index in [0.29, 0.717) is 13.1 Å². The first-order chi connectivity index (χ1) is 10.7. The molecule has 2 aromatic rings. The molecule has 0 spiro atoms. The molecule has 3 N–H and O–H groups in total. The molecule has 1 saturated heterocycles. The van der Waals surface area contributed by atoms with Crippen LogP contribution in [-0.4, -0.2) is 41.7 Å². The van der Waals surface area contributed by atoms with E-state index < -0.39 is 18.2 Å². The van der Waals surface area contributed by atoms with Crippen molar-refractivity contribution in [3.63, 3.8) is 0 Å². The number of aliphatic hydroxyl groups is 1. The molecule has 6 nitrogen and oxygen atoms in total. The summed E-state index contributed by atoms with van der Waals surface area (Å²) in [6.45, 7) is 0.851. The van der Waals surface area contributed by atoms with E-state index in [2.05, 4.69) is 10.6 Å². The van der Waals surface area contributed by atoms with Gasteiger partial charge in [0.2, 0.25) is 0 Å². The molecule has 3 rings (SSSR count). The Bertz CT molecular complexity index is 711. The minimum atomic E-state index is -0.833. The summed E-state index contributed by atoms with van der Waals surface area (Å²) < 4.78 is 0. The molecule has 114 valence electrons. The summed E-state index contributed by atoms with van der Waals surface area (Å²) in [6, 6.07) is 12.5. The highest BCUT2D eigenvalue weighted by Crippen LogP contribution is 2.23. The Morgan fingerprint density at radius 3 is 2.82 bits per heavy atom. The van der Waals surface area contributed by atoms with Gasteiger partial charge in [-0.15, -0.1) is 0 Å². The van der Waals surface area contributed by atoms with Crippen LogP contribution in [0.3, 0.4) is 0 Å². The third kappa shape index (κ3) is 2.73. The average Bonchev–Trinajstić information content (AvgIpc) is 2.98. The maximum absolute atomic E-state index is 11.9. The fourth-order valence-electron chi connectivity index (χ4n) is 2.60. The number of aliphatic hydroxyl groups excluding tert-OH is 1. The number of nitrogens with one attached hydrogen (secondary N) is 2. The van der Waals surface area contributed by atoms with E-state index in [1.54, 1.807) is 0 Å². The fourth-order valence-corrected chi connectivity index (χ4v) is 2.60. The molecule has 22 heavy (non-hydrogen) atoms. The van der Waals surface area contributed by atoms with Crippen LogP contribution >= 0.6 is 0 Å². The van der Waals surface area contributed by atoms with Gasteiger partial charge in [-0.05, 0) is 16.3 Å². The molecule has 0 aromatic heterocycles. The number of amides is 4. The molecule has 1 unspecified atom stereocenters. The van der Waals surface area contributed by atoms with Crippen molar-refractivity contribution in [2.45, 2.75) is 6.10 Å². The lowest BCUT2D eigenvalue weighted by atomic mass is 10.0. The van der Waals surface area contributed by atoms with Crippen LogP contribution in [0.2, 0.25) is 0 Å². The molecule has 1 atom stereocenters. The van der Waals surface area contributed by atoms with E-state index in [0.717, 1.165) is 21.2 Å². The predicted molar refractivity (Wildman–Crippen MR) is 82.4 cm³/mol. The zero-order chi connectivity index (χ0) is 15.5. The molecule has 2 aromatic carbocycles. The summed E-state index contributed by atoms with van der Waals surface area (Å²) in [5.41, 5.74) is 0.754. The van der Waals surface area contributed by atoms with E-state index >= 15 is 0 Å². The van der Waals surface area contributed by atoms with Crippen molar-refractivity contribution in [1.82, 2.24) is 15.5 Å². The molecule has 1 aliphatic heterocycles. The minimum absolute atomic E-state index is 0.0522. The Morgan fingerprint density at radius 1 is 1.27 bits per heavy atom. The van der Waals surface area contributed by atoms with Gasteiger partial charge in [-0.3, -0.25) is 0 Å². The standard InChI is InChI=1S/C16H17N3O3/c20-14(10-18-16(22)19-9-8-17-15(19)21)13-7-3-5-11-4-1-2-6-12(11)13/h1-7,14,20H,8-10H2,(H,17,21)(H,18,22). The summed E-state index contributed by atoms with van der Waals surface area (Å²) in [7, 11) is 0. The Morgan fingerprint density at radius 2 is 2.05 bits per heavy atom. The van der Waals surface area contributed by atoms with Gasteiger partial charge in [0, 0.05) is 19.6 Å². The number of carbonyl (C=O) groups excluding carboxylic acids is 2. The van der Waals surface area contributed by atoms with Crippen LogP contribution in [-0.2, 0) is 0 Å². The van der Waals surface area contributed by atoms with Crippen molar-refractivity contribution in [3.8, 4) is 0 Å². The van der Waals surface area contributed by atoms with Crippen LogP contribution in [0.5, 0.6) is 0 Å². The topological polar surface area (TPSA) is 81.7 Å². The summed E-state index contributed by atoms with van der Waals surface area (Å²) in [5, 5.41) is 17.5. The highest BCUT2D eigenvalue weighted by atomic mass is 16.3. The number of hydrogen-bond donors (Lipinski definition) is 3. The molecule has 6 heteroatoms. The minimum Gasteiger partial charge on any atom is -0.387 e. The van der Waals surface area contributed by atoms with Crippen molar-refractivity contribution in [2.75, 3.05) is 19.6 Å². The average molecular weight is 299 g/mol. The largest absolute Gasteiger partial charge is 0.387 e. The second-order valence-electron chi connectivity index (χ2n) is 5.15. The first-order valence-corrected chi connectivity index (χ1v) is 7.16. The smallest absolute Gasteiger partial charge is 0.325 e. The van der Waals surface area contributed by atoms with Gasteiger partial charge in [0.25, 0.3) is 0 Å². The van der Waals surface area contributed by atoms with Crippen LogP contribution in [0.1, 0.15) is 11.7 Å². The quantitative estimate of drug-likeness (QED) is 0.805. The number of rotatable bonds is 3. The molecule has 1 fully saturated rings. The van der Waals surface area contributed by atoms with Crippen LogP contribution < -0.4 is 10.6 Å². The normalized spacial score (nSPS) is 15.7. The van der Waals surface area contributed by atoms with Crippen LogP contribution in [0.25, 0.3) is 10.8 Å². The van der Waals surface area contributed by atoms with Crippen molar-refractivity contribution in [3.05, 3.63) is 48.0 Å². The predicted octanol–water partition coefficient (Wildman–Crippen LogP) is 1.61. The van der Waals surface area contributed by atoms with Gasteiger partial charge in [-0.25, -0.2) is 14.5 Å². The zero-order valence-electron chi connectivity index (χ0n) is 12.0. The Labute approximate surface area is 127 Å². The Kier molecular flexibility index (Phi) is 3.93. The maximum Gasteiger partial charge on any atom is 0.325 e. The monoisotopic (exact) mass is 299 g/mol. The molecule has 0 bridgehead atoms. The molecule has 1 aliphatic rings. The number of fused-ring (bicyclic) bond motifs is 1. The van der Waals surface area contributed by atoms with Crippen LogP contribution in [0, 0.1) is 0 Å². The van der Waals surface area contributed by atoms with Crippen molar-refractivity contribution >= 4 is 22.8 Å². The summed E-state index contributed by atoms with van der Waals surface area (Å²) >= 11 is 0. The summed E-state index contributed by atoms with van der Waals surface area (Å²) in [5.74, 6) is 0. The molecule has 1 heterocycles. The maximum atomic E-state index is 11.9. The number of imide groups is 1. The number of urea groups is 2. The second-order valence-corrected chi connectivity index (χ2v) is 5.15. The lowest BCUT2D eigenvalue weighted by Gasteiger charge is -2.17. The van der Waals surface area contributed by atoms with Crippen LogP contribution in [0.4, 0.5) is 9.59 Å². The molecule has 0 saturated carbocycles. The highest BCUT2D eigenvalue weighted by Gasteiger charge is 2.26. The summed E-state index contributed by atoms with van der Waals surface area (Å²) in [6.07, 6.45) is -0.833. The Balaban J connectivity index is 1.70. The van der Waals surface area contributed by atoms with Crippen molar-refractivity contribution in [2.24, 2.45) is 0 Å². The SMILES string of the molecule is O=C1NCCN1C(=O)NCC(O)c1cccc2ccccc12. The van der Waals surface area contributed by atoms with E-state index in [9.17, 15) is 14.7 Å². The van der Waals surface area contributed by atoms with Crippen molar-refractivity contribution < 1.29 is 14.7 Å². The third-order valence-electron chi connectivity index (χ3n) is 3.73. The van der Waals surface area contributed by atoms with Crippen LogP contribution in [0.15, 0.2) is 42.5 Å². The molecule has 0 aliphatic carbocycles. The fraction of sp³-hybridized carbons (Fsp3) is 0.250. The number of benzene rings is 2. The lowest BCUT2D eigenvalue weighted by molar-refractivity contribution is 0.166. The van der Waals surface area contributed by atoms with E-state index in [-0.39, 0.29) is 6.54 Å². The first-order valence-electron chi connectivity index (χ1n) is 7.16. The number of hydrogen-bond acceptors (Lipinski definition) is 3. The highest BCUT2D eigenvalue weighted by molar-refractivity contribution is 5.95. The lowest BCUT2D eigenvalue weighted by Crippen LogP contribution is -2.43. The zero-order valence-corrected chi connectivity index (χ0v) is 12.0. The van der Waals surface area contributed by atoms with Gasteiger partial charge < -0.3 is 15.7 Å². The van der Waals surface area contributed by atoms with Gasteiger partial charge in [0.05, 0.1) is 6.10 Å². The van der Waals surface area contributed by atoms with Gasteiger partial charge in [-0.1, -0.05) is 42.5 Å². The third-order valence-corrected chi connectivity index (χ3v) is 3.73. The van der Waals surface area contributed by atoms with E-state index in [1.807, 2.05) is 42.5 Å². The van der Waals surface area contributed by atoms with Gasteiger partial charge in [0.15, 0.2) is 0 Å². The summed E-state index contributed by atoms with van der Waals surface area (Å²) in [4.78, 5) is 24.4. The van der Waals surface area contributed by atoms with Gasteiger partial charge in [0.1, 0.15) is 0 Å². The second kappa shape index (κ2) is 6.03. The van der Waals surface area contributed by atoms with Gasteiger partial charge in [-0.2, -0.15) is 0 Å². The molecular weight excluding hydrogens is 282 g/mol. The Hall–Kier alpha value is -2.60. The van der Waals surface area contributed by atoms with Crippen molar-refractivity contribution in [1.29, 1.82) is 0 Å². The molecular formula is C16H17N3O3. The first kappa shape index (κ1) is 14.3. The molecule has 4 amide bonds. The molecule has 0 radical (unpaired) electrons. The van der Waals surface area contributed by atoms with E-state index in [4.69, 9.17) is 0 Å².